The summed E-state index contributed by atoms with van der Waals surface area (Å²) >= 11 is 0. The van der Waals surface area contributed by atoms with Crippen LogP contribution in [-0.2, 0) is 11.0 Å². The van der Waals surface area contributed by atoms with E-state index in [1.807, 2.05) is 27.7 Å². The van der Waals surface area contributed by atoms with Gasteiger partial charge in [0.15, 0.2) is 11.5 Å². The first-order chi connectivity index (χ1) is 10.1. The molecule has 1 aromatic carbocycles. The highest BCUT2D eigenvalue weighted by Gasteiger charge is 2.22. The molecule has 0 saturated heterocycles. The Labute approximate surface area is 132 Å². The molecule has 1 rings (SSSR count). The van der Waals surface area contributed by atoms with Gasteiger partial charge in [-0.3, -0.25) is 0 Å². The fourth-order valence-corrected chi connectivity index (χ4v) is 2.44. The third-order valence-corrected chi connectivity index (χ3v) is 4.57. The van der Waals surface area contributed by atoms with Crippen LogP contribution in [0, 0.1) is 0 Å². The Morgan fingerprint density at radius 1 is 1.27 bits per heavy atom. The molecule has 22 heavy (non-hydrogen) atoms. The van der Waals surface area contributed by atoms with E-state index in [0.29, 0.717) is 5.75 Å². The van der Waals surface area contributed by atoms with E-state index >= 15 is 0 Å². The molecule has 126 valence electrons. The van der Waals surface area contributed by atoms with Gasteiger partial charge in [-0.1, -0.05) is 6.07 Å². The largest absolute Gasteiger partial charge is 0.493 e. The molecule has 1 aromatic rings. The molecular weight excluding hydrogens is 312 g/mol. The van der Waals surface area contributed by atoms with Gasteiger partial charge in [0.1, 0.15) is 6.61 Å². The molecule has 2 atom stereocenters. The maximum atomic E-state index is 12.2. The average molecular weight is 335 g/mol. The summed E-state index contributed by atoms with van der Waals surface area (Å²) in [5.74, 6) is 0.629. The highest BCUT2D eigenvalue weighted by Crippen LogP contribution is 2.31. The third kappa shape index (κ3) is 5.53. The van der Waals surface area contributed by atoms with Crippen molar-refractivity contribution in [3.05, 3.63) is 23.8 Å². The van der Waals surface area contributed by atoms with Gasteiger partial charge in [0, 0.05) is 6.04 Å². The summed E-state index contributed by atoms with van der Waals surface area (Å²) in [4.78, 5) is 0. The minimum atomic E-state index is -2.54. The van der Waals surface area contributed by atoms with Crippen molar-refractivity contribution >= 4 is 11.0 Å². The topological polar surface area (TPSA) is 47.6 Å². The number of alkyl halides is 2. The number of halogens is 2. The van der Waals surface area contributed by atoms with Gasteiger partial charge in [-0.15, -0.1) is 0 Å². The van der Waals surface area contributed by atoms with Crippen LogP contribution in [0.25, 0.3) is 0 Å². The molecule has 4 nitrogen and oxygen atoms in total. The molecule has 0 bridgehead atoms. The molecule has 1 N–H and O–H groups in total. The smallest absolute Gasteiger partial charge is 0.272 e. The number of hydrogen-bond donors (Lipinski definition) is 1. The number of benzene rings is 1. The molecule has 0 heterocycles. The average Bonchev–Trinajstić information content (AvgIpc) is 2.43. The Balaban J connectivity index is 2.86. The summed E-state index contributed by atoms with van der Waals surface area (Å²) in [7, 11) is 0.232. The SMILES string of the molecule is COc1cc(C(C)NS(=O)C(C)(C)C)ccc1OCC(F)F. The molecule has 0 aliphatic carbocycles. The van der Waals surface area contributed by atoms with Crippen LogP contribution < -0.4 is 14.2 Å². The third-order valence-electron chi connectivity index (χ3n) is 2.89. The van der Waals surface area contributed by atoms with Crippen LogP contribution in [0.5, 0.6) is 11.5 Å². The monoisotopic (exact) mass is 335 g/mol. The van der Waals surface area contributed by atoms with E-state index in [9.17, 15) is 13.0 Å². The Kier molecular flexibility index (Phi) is 6.74. The van der Waals surface area contributed by atoms with Crippen molar-refractivity contribution in [1.29, 1.82) is 0 Å². The number of rotatable bonds is 7. The highest BCUT2D eigenvalue weighted by molar-refractivity contribution is 7.84. The Bertz CT molecular complexity index is 518. The van der Waals surface area contributed by atoms with Gasteiger partial charge in [-0.25, -0.2) is 17.7 Å². The second-order valence-corrected chi connectivity index (χ2v) is 7.83. The number of methoxy groups -OCH3 is 1. The first kappa shape index (κ1) is 18.8. The van der Waals surface area contributed by atoms with Gasteiger partial charge in [0.05, 0.1) is 22.8 Å². The zero-order chi connectivity index (χ0) is 16.9. The van der Waals surface area contributed by atoms with Crippen LogP contribution >= 0.6 is 0 Å². The Hall–Kier alpha value is -1.21. The second kappa shape index (κ2) is 7.87. The summed E-state index contributed by atoms with van der Waals surface area (Å²) < 4.78 is 49.3. The standard InChI is InChI=1S/C15H23F2NO3S/c1-10(18-22(19)15(2,3)4)11-6-7-12(13(8-11)20-5)21-9-14(16)17/h6-8,10,14,18H,9H2,1-5H3. The first-order valence-corrected chi connectivity index (χ1v) is 8.07. The zero-order valence-electron chi connectivity index (χ0n) is 13.5. The van der Waals surface area contributed by atoms with E-state index in [1.54, 1.807) is 18.2 Å². The predicted molar refractivity (Wildman–Crippen MR) is 83.9 cm³/mol. The summed E-state index contributed by atoms with van der Waals surface area (Å²) in [6.07, 6.45) is -2.54. The van der Waals surface area contributed by atoms with E-state index in [2.05, 4.69) is 4.72 Å². The lowest BCUT2D eigenvalue weighted by atomic mass is 10.1. The van der Waals surface area contributed by atoms with E-state index in [0.717, 1.165) is 5.56 Å². The van der Waals surface area contributed by atoms with Crippen molar-refractivity contribution in [3.8, 4) is 11.5 Å². The van der Waals surface area contributed by atoms with Crippen LogP contribution in [0.2, 0.25) is 0 Å². The Morgan fingerprint density at radius 3 is 2.41 bits per heavy atom. The maximum Gasteiger partial charge on any atom is 0.272 e. The van der Waals surface area contributed by atoms with Gasteiger partial charge < -0.3 is 9.47 Å². The predicted octanol–water partition coefficient (Wildman–Crippen LogP) is 3.45. The van der Waals surface area contributed by atoms with Crippen LogP contribution in [0.3, 0.4) is 0 Å². The highest BCUT2D eigenvalue weighted by atomic mass is 32.2. The van der Waals surface area contributed by atoms with E-state index in [-0.39, 0.29) is 16.5 Å². The van der Waals surface area contributed by atoms with Gasteiger partial charge in [-0.2, -0.15) is 0 Å². The summed E-state index contributed by atoms with van der Waals surface area (Å²) in [5.41, 5.74) is 0.832. The molecule has 7 heteroatoms. The van der Waals surface area contributed by atoms with Crippen LogP contribution in [0.1, 0.15) is 39.3 Å². The summed E-state index contributed by atoms with van der Waals surface area (Å²) in [6, 6.07) is 4.83. The lowest BCUT2D eigenvalue weighted by molar-refractivity contribution is 0.0804. The van der Waals surface area contributed by atoms with Gasteiger partial charge in [-0.05, 0) is 45.4 Å². The van der Waals surface area contributed by atoms with Crippen molar-refractivity contribution in [2.75, 3.05) is 13.7 Å². The summed E-state index contributed by atoms with van der Waals surface area (Å²) in [5, 5.41) is 0. The molecular formula is C15H23F2NO3S. The van der Waals surface area contributed by atoms with Crippen molar-refractivity contribution in [1.82, 2.24) is 4.72 Å². The molecule has 0 amide bonds. The second-order valence-electron chi connectivity index (χ2n) is 5.83. The van der Waals surface area contributed by atoms with E-state index in [1.165, 1.54) is 7.11 Å². The van der Waals surface area contributed by atoms with Crippen LogP contribution in [0.15, 0.2) is 18.2 Å². The molecule has 0 aliphatic heterocycles. The molecule has 0 spiro atoms. The fourth-order valence-electron chi connectivity index (χ4n) is 1.63. The quantitative estimate of drug-likeness (QED) is 0.830. The number of nitrogens with one attached hydrogen (secondary N) is 1. The Morgan fingerprint density at radius 2 is 1.91 bits per heavy atom. The molecule has 0 aromatic heterocycles. The van der Waals surface area contributed by atoms with E-state index in [4.69, 9.17) is 9.47 Å². The molecule has 2 unspecified atom stereocenters. The minimum Gasteiger partial charge on any atom is -0.493 e. The molecule has 0 saturated carbocycles. The van der Waals surface area contributed by atoms with Crippen molar-refractivity contribution in [2.24, 2.45) is 0 Å². The van der Waals surface area contributed by atoms with Crippen LogP contribution in [0.4, 0.5) is 8.78 Å². The summed E-state index contributed by atoms with van der Waals surface area (Å²) in [6.45, 7) is 6.83. The van der Waals surface area contributed by atoms with E-state index < -0.39 is 24.0 Å². The van der Waals surface area contributed by atoms with Crippen LogP contribution in [-0.4, -0.2) is 29.1 Å². The number of hydrogen-bond acceptors (Lipinski definition) is 3. The maximum absolute atomic E-state index is 12.2. The zero-order valence-corrected chi connectivity index (χ0v) is 14.3. The lowest BCUT2D eigenvalue weighted by Gasteiger charge is -2.22. The normalized spacial score (nSPS) is 14.7. The number of ether oxygens (including phenoxy) is 2. The first-order valence-electron chi connectivity index (χ1n) is 6.92. The van der Waals surface area contributed by atoms with Crippen molar-refractivity contribution in [3.63, 3.8) is 0 Å². The molecule has 0 radical (unpaired) electrons. The lowest BCUT2D eigenvalue weighted by Crippen LogP contribution is -2.34. The fraction of sp³-hybridized carbons (Fsp3) is 0.600. The minimum absolute atomic E-state index is 0.182. The van der Waals surface area contributed by atoms with Gasteiger partial charge >= 0.3 is 0 Å². The molecule has 0 aliphatic rings. The van der Waals surface area contributed by atoms with Crippen molar-refractivity contribution < 1.29 is 22.5 Å². The van der Waals surface area contributed by atoms with Gasteiger partial charge in [0.25, 0.3) is 6.43 Å². The van der Waals surface area contributed by atoms with Gasteiger partial charge in [0.2, 0.25) is 0 Å². The molecule has 0 fully saturated rings. The van der Waals surface area contributed by atoms with Crippen molar-refractivity contribution in [2.45, 2.75) is 44.9 Å².